The van der Waals surface area contributed by atoms with E-state index in [1.807, 2.05) is 31.2 Å². The summed E-state index contributed by atoms with van der Waals surface area (Å²) >= 11 is 0. The lowest BCUT2D eigenvalue weighted by molar-refractivity contribution is -0.116. The first-order chi connectivity index (χ1) is 9.72. The second-order valence-corrected chi connectivity index (χ2v) is 4.52. The number of nitrogens with zero attached hydrogens (tertiary/aromatic N) is 1. The fraction of sp³-hybridized carbons (Fsp3) is 0.333. The molecule has 0 unspecified atom stereocenters. The summed E-state index contributed by atoms with van der Waals surface area (Å²) in [7, 11) is 1.64. The molecule has 0 bridgehead atoms. The molecule has 5 heteroatoms. The predicted octanol–water partition coefficient (Wildman–Crippen LogP) is 2.55. The van der Waals surface area contributed by atoms with E-state index in [2.05, 4.69) is 15.5 Å². The number of nitrogens with one attached hydrogen (secondary N) is 2. The van der Waals surface area contributed by atoms with Gasteiger partial charge in [-0.3, -0.25) is 9.89 Å². The van der Waals surface area contributed by atoms with E-state index in [0.717, 1.165) is 23.3 Å². The van der Waals surface area contributed by atoms with Crippen molar-refractivity contribution in [2.75, 3.05) is 12.4 Å². The third kappa shape index (κ3) is 3.60. The number of methoxy groups -OCH3 is 1. The van der Waals surface area contributed by atoms with Gasteiger partial charge in [0.25, 0.3) is 0 Å². The average molecular weight is 273 g/mol. The van der Waals surface area contributed by atoms with Gasteiger partial charge >= 0.3 is 0 Å². The van der Waals surface area contributed by atoms with Crippen LogP contribution < -0.4 is 10.1 Å². The molecule has 1 heterocycles. The maximum atomic E-state index is 11.9. The quantitative estimate of drug-likeness (QED) is 0.850. The van der Waals surface area contributed by atoms with Crippen molar-refractivity contribution in [1.29, 1.82) is 0 Å². The zero-order valence-electron chi connectivity index (χ0n) is 11.8. The van der Waals surface area contributed by atoms with Gasteiger partial charge in [-0.05, 0) is 30.5 Å². The minimum Gasteiger partial charge on any atom is -0.497 e. The Morgan fingerprint density at radius 2 is 2.10 bits per heavy atom. The summed E-state index contributed by atoms with van der Waals surface area (Å²) in [4.78, 5) is 11.9. The van der Waals surface area contributed by atoms with Crippen molar-refractivity contribution < 1.29 is 9.53 Å². The van der Waals surface area contributed by atoms with Crippen molar-refractivity contribution in [3.63, 3.8) is 0 Å². The van der Waals surface area contributed by atoms with Crippen LogP contribution in [0.1, 0.15) is 24.5 Å². The number of aryl methyl sites for hydroxylation is 2. The van der Waals surface area contributed by atoms with E-state index in [0.29, 0.717) is 18.7 Å². The maximum absolute atomic E-state index is 11.9. The van der Waals surface area contributed by atoms with E-state index >= 15 is 0 Å². The molecule has 0 aliphatic rings. The Labute approximate surface area is 118 Å². The number of hydrogen-bond acceptors (Lipinski definition) is 3. The van der Waals surface area contributed by atoms with Gasteiger partial charge in [0.15, 0.2) is 0 Å². The summed E-state index contributed by atoms with van der Waals surface area (Å²) in [6, 6.07) is 7.74. The molecule has 1 aromatic carbocycles. The lowest BCUT2D eigenvalue weighted by atomic mass is 10.1. The van der Waals surface area contributed by atoms with E-state index in [1.54, 1.807) is 13.3 Å². The second kappa shape index (κ2) is 6.75. The maximum Gasteiger partial charge on any atom is 0.225 e. The second-order valence-electron chi connectivity index (χ2n) is 4.52. The van der Waals surface area contributed by atoms with Crippen LogP contribution in [0, 0.1) is 0 Å². The van der Waals surface area contributed by atoms with E-state index in [9.17, 15) is 4.79 Å². The highest BCUT2D eigenvalue weighted by Crippen LogP contribution is 2.14. The molecule has 20 heavy (non-hydrogen) atoms. The highest BCUT2D eigenvalue weighted by atomic mass is 16.5. The molecule has 0 aliphatic heterocycles. The van der Waals surface area contributed by atoms with Gasteiger partial charge in [0.2, 0.25) is 5.91 Å². The number of rotatable bonds is 6. The number of aromatic amines is 1. The van der Waals surface area contributed by atoms with Crippen LogP contribution in [-0.4, -0.2) is 23.2 Å². The highest BCUT2D eigenvalue weighted by Gasteiger charge is 2.08. The van der Waals surface area contributed by atoms with Crippen LogP contribution in [0.3, 0.4) is 0 Å². The fourth-order valence-electron chi connectivity index (χ4n) is 1.94. The summed E-state index contributed by atoms with van der Waals surface area (Å²) < 4.78 is 5.10. The molecule has 0 atom stereocenters. The molecule has 0 radical (unpaired) electrons. The first-order valence-corrected chi connectivity index (χ1v) is 6.68. The third-order valence-corrected chi connectivity index (χ3v) is 3.16. The number of amides is 1. The number of H-pyrrole nitrogens is 1. The largest absolute Gasteiger partial charge is 0.497 e. The zero-order valence-corrected chi connectivity index (χ0v) is 11.8. The lowest BCUT2D eigenvalue weighted by Crippen LogP contribution is -2.13. The number of carbonyl (C=O) groups excluding carboxylic acids is 1. The van der Waals surface area contributed by atoms with Crippen LogP contribution >= 0.6 is 0 Å². The monoisotopic (exact) mass is 273 g/mol. The van der Waals surface area contributed by atoms with Crippen molar-refractivity contribution in [1.82, 2.24) is 10.2 Å². The van der Waals surface area contributed by atoms with Crippen molar-refractivity contribution in [3.8, 4) is 5.75 Å². The van der Waals surface area contributed by atoms with Crippen LogP contribution in [0.2, 0.25) is 0 Å². The first-order valence-electron chi connectivity index (χ1n) is 6.68. The number of carbonyl (C=O) groups is 1. The Bertz CT molecular complexity index is 561. The molecule has 0 saturated heterocycles. The zero-order chi connectivity index (χ0) is 14.4. The molecular weight excluding hydrogens is 254 g/mol. The Kier molecular flexibility index (Phi) is 4.76. The standard InChI is InChI=1S/C15H19N3O2/c1-3-12-10-16-18-15(12)17-14(19)9-6-11-4-7-13(20-2)8-5-11/h4-5,7-8,10H,3,6,9H2,1-2H3,(H2,16,17,18,19). The Morgan fingerprint density at radius 1 is 1.35 bits per heavy atom. The molecular formula is C15H19N3O2. The number of hydrogen-bond donors (Lipinski definition) is 2. The van der Waals surface area contributed by atoms with Crippen LogP contribution in [0.15, 0.2) is 30.5 Å². The Balaban J connectivity index is 1.85. The highest BCUT2D eigenvalue weighted by molar-refractivity contribution is 5.90. The van der Waals surface area contributed by atoms with Crippen LogP contribution in [0.4, 0.5) is 5.82 Å². The van der Waals surface area contributed by atoms with Gasteiger partial charge in [0.1, 0.15) is 11.6 Å². The summed E-state index contributed by atoms with van der Waals surface area (Å²) in [5.74, 6) is 1.51. The average Bonchev–Trinajstić information content (AvgIpc) is 2.92. The topological polar surface area (TPSA) is 67.0 Å². The molecule has 0 fully saturated rings. The van der Waals surface area contributed by atoms with Crippen molar-refractivity contribution >= 4 is 11.7 Å². The van der Waals surface area contributed by atoms with Crippen molar-refractivity contribution in [2.45, 2.75) is 26.2 Å². The molecule has 5 nitrogen and oxygen atoms in total. The number of anilines is 1. The Morgan fingerprint density at radius 3 is 2.75 bits per heavy atom. The molecule has 2 aromatic rings. The molecule has 0 saturated carbocycles. The Hall–Kier alpha value is -2.30. The van der Waals surface area contributed by atoms with Gasteiger partial charge in [-0.1, -0.05) is 19.1 Å². The third-order valence-electron chi connectivity index (χ3n) is 3.16. The lowest BCUT2D eigenvalue weighted by Gasteiger charge is -2.05. The van der Waals surface area contributed by atoms with Crippen LogP contribution in [-0.2, 0) is 17.6 Å². The number of ether oxygens (including phenoxy) is 1. The molecule has 2 rings (SSSR count). The van der Waals surface area contributed by atoms with E-state index < -0.39 is 0 Å². The van der Waals surface area contributed by atoms with Crippen molar-refractivity contribution in [3.05, 3.63) is 41.6 Å². The minimum atomic E-state index is -0.0141. The summed E-state index contributed by atoms with van der Waals surface area (Å²) in [6.07, 6.45) is 3.71. The van der Waals surface area contributed by atoms with Crippen LogP contribution in [0.25, 0.3) is 0 Å². The number of benzene rings is 1. The SMILES string of the molecule is CCc1cn[nH]c1NC(=O)CCc1ccc(OC)cc1. The molecule has 1 aromatic heterocycles. The van der Waals surface area contributed by atoms with E-state index in [1.165, 1.54) is 0 Å². The van der Waals surface area contributed by atoms with Gasteiger partial charge < -0.3 is 10.1 Å². The summed E-state index contributed by atoms with van der Waals surface area (Å²) in [6.45, 7) is 2.03. The van der Waals surface area contributed by atoms with Gasteiger partial charge in [-0.2, -0.15) is 5.10 Å². The minimum absolute atomic E-state index is 0.0141. The van der Waals surface area contributed by atoms with E-state index in [4.69, 9.17) is 4.74 Å². The molecule has 2 N–H and O–H groups in total. The van der Waals surface area contributed by atoms with Gasteiger partial charge in [-0.15, -0.1) is 0 Å². The van der Waals surface area contributed by atoms with Gasteiger partial charge in [0.05, 0.1) is 13.3 Å². The molecule has 1 amide bonds. The molecule has 0 aliphatic carbocycles. The van der Waals surface area contributed by atoms with Gasteiger partial charge in [-0.25, -0.2) is 0 Å². The summed E-state index contributed by atoms with van der Waals surface area (Å²) in [5, 5.41) is 9.58. The van der Waals surface area contributed by atoms with E-state index in [-0.39, 0.29) is 5.91 Å². The summed E-state index contributed by atoms with van der Waals surface area (Å²) in [5.41, 5.74) is 2.13. The first kappa shape index (κ1) is 14.1. The number of aromatic nitrogens is 2. The van der Waals surface area contributed by atoms with Gasteiger partial charge in [0, 0.05) is 12.0 Å². The van der Waals surface area contributed by atoms with Crippen LogP contribution in [0.5, 0.6) is 5.75 Å². The smallest absolute Gasteiger partial charge is 0.225 e. The molecule has 106 valence electrons. The van der Waals surface area contributed by atoms with Crippen molar-refractivity contribution in [2.24, 2.45) is 0 Å². The molecule has 0 spiro atoms. The fourth-order valence-corrected chi connectivity index (χ4v) is 1.94. The normalized spacial score (nSPS) is 10.3. The predicted molar refractivity (Wildman–Crippen MR) is 77.9 cm³/mol.